The molecule has 0 bridgehead atoms. The number of aromatic nitrogens is 5. The minimum absolute atomic E-state index is 0.00233. The summed E-state index contributed by atoms with van der Waals surface area (Å²) in [5.74, 6) is 0.284. The maximum atomic E-state index is 13.6. The van der Waals surface area contributed by atoms with Crippen molar-refractivity contribution in [3.05, 3.63) is 102 Å². The summed E-state index contributed by atoms with van der Waals surface area (Å²) in [6.07, 6.45) is -0.212. The molecule has 1 aliphatic carbocycles. The van der Waals surface area contributed by atoms with Crippen LogP contribution in [0.5, 0.6) is 0 Å². The van der Waals surface area contributed by atoms with Gasteiger partial charge in [0.1, 0.15) is 11.5 Å². The summed E-state index contributed by atoms with van der Waals surface area (Å²) in [6, 6.07) is 17.4. The molecule has 7 rings (SSSR count). The number of carbonyl (C=O) groups is 1. The zero-order valence-corrected chi connectivity index (χ0v) is 22.2. The van der Waals surface area contributed by atoms with Crippen LogP contribution in [0.4, 0.5) is 24.9 Å². The lowest BCUT2D eigenvalue weighted by Crippen LogP contribution is -2.32. The normalized spacial score (nSPS) is 16.6. The number of benzene rings is 2. The second-order valence-electron chi connectivity index (χ2n) is 10.1. The Morgan fingerprint density at radius 3 is 2.35 bits per heavy atom. The largest absolute Gasteiger partial charge is 0.417 e. The summed E-state index contributed by atoms with van der Waals surface area (Å²) in [7, 11) is 0. The van der Waals surface area contributed by atoms with Crippen molar-refractivity contribution >= 4 is 23.3 Å². The Balaban J connectivity index is 1.23. The Bertz CT molecular complexity index is 1850. The lowest BCUT2D eigenvalue weighted by atomic mass is 10.0. The molecule has 5 aromatic rings. The van der Waals surface area contributed by atoms with Crippen LogP contribution in [0.3, 0.4) is 0 Å². The number of halogens is 3. The molecule has 1 unspecified atom stereocenters. The van der Waals surface area contributed by atoms with Gasteiger partial charge in [-0.2, -0.15) is 13.2 Å². The van der Waals surface area contributed by atoms with Gasteiger partial charge in [-0.25, -0.2) is 19.9 Å². The monoisotopic (exact) mass is 582 g/mol. The molecule has 1 fully saturated rings. The molecule has 3 aromatic heterocycles. The van der Waals surface area contributed by atoms with E-state index >= 15 is 0 Å². The summed E-state index contributed by atoms with van der Waals surface area (Å²) in [4.78, 5) is 30.6. The van der Waals surface area contributed by atoms with Gasteiger partial charge in [0.25, 0.3) is 11.8 Å². The van der Waals surface area contributed by atoms with Crippen LogP contribution >= 0.6 is 0 Å². The molecule has 0 radical (unpaired) electrons. The molecule has 1 atom stereocenters. The van der Waals surface area contributed by atoms with Crippen molar-refractivity contribution in [1.82, 2.24) is 25.1 Å². The maximum absolute atomic E-state index is 13.6. The van der Waals surface area contributed by atoms with Gasteiger partial charge in [0.2, 0.25) is 6.17 Å². The summed E-state index contributed by atoms with van der Waals surface area (Å²) in [5.41, 5.74) is 2.09. The Morgan fingerprint density at radius 1 is 0.860 bits per heavy atom. The number of nitrogens with zero attached hydrogens (tertiary/aromatic N) is 6. The van der Waals surface area contributed by atoms with E-state index in [-0.39, 0.29) is 29.1 Å². The van der Waals surface area contributed by atoms with E-state index in [1.54, 1.807) is 12.1 Å². The molecule has 1 amide bonds. The molecule has 2 aromatic carbocycles. The Labute approximate surface area is 242 Å². The fraction of sp³-hybridized carbons (Fsp3) is 0.167. The van der Waals surface area contributed by atoms with E-state index < -0.39 is 23.8 Å². The van der Waals surface area contributed by atoms with Gasteiger partial charge in [0, 0.05) is 46.8 Å². The first-order valence-electron chi connectivity index (χ1n) is 13.4. The molecule has 43 heavy (non-hydrogen) atoms. The van der Waals surface area contributed by atoms with Crippen molar-refractivity contribution in [2.24, 2.45) is 4.99 Å². The van der Waals surface area contributed by atoms with E-state index in [1.165, 1.54) is 12.4 Å². The number of nitrogens with one attached hydrogen (secondary N) is 2. The Hall–Kier alpha value is -5.46. The van der Waals surface area contributed by atoms with E-state index in [9.17, 15) is 18.0 Å². The van der Waals surface area contributed by atoms with Crippen LogP contribution in [0.2, 0.25) is 0 Å². The standard InChI is InChI=1S/C30H21F3N8O2/c31-30(32,33)19-12-21(18-13-35-25(36-14-18)17-10-11-17)24(34-15-19)28-40-41-29(43-28)39-26-27(42)37-22-9-5-4-8-20(22)23(38-26)16-6-2-1-3-7-16/h1-9,12-15,17,26H,10-11H2,(H,37,42)(H,39,41). The molecule has 0 saturated heterocycles. The summed E-state index contributed by atoms with van der Waals surface area (Å²) < 4.78 is 46.6. The second-order valence-corrected chi connectivity index (χ2v) is 10.1. The van der Waals surface area contributed by atoms with E-state index in [0.717, 1.165) is 30.0 Å². The number of hydrogen-bond acceptors (Lipinski definition) is 9. The molecular weight excluding hydrogens is 561 g/mol. The molecule has 1 aliphatic heterocycles. The number of alkyl halides is 3. The average molecular weight is 583 g/mol. The number of aliphatic imine (C=N–C) groups is 1. The van der Waals surface area contributed by atoms with Gasteiger partial charge in [0.15, 0.2) is 0 Å². The van der Waals surface area contributed by atoms with Gasteiger partial charge in [-0.05, 0) is 25.0 Å². The smallest absolute Gasteiger partial charge is 0.402 e. The third kappa shape index (κ3) is 5.32. The van der Waals surface area contributed by atoms with Gasteiger partial charge in [-0.3, -0.25) is 4.79 Å². The number of carbonyl (C=O) groups excluding carboxylic acids is 1. The summed E-state index contributed by atoms with van der Waals surface area (Å²) in [5, 5.41) is 13.7. The van der Waals surface area contributed by atoms with Crippen molar-refractivity contribution in [2.75, 3.05) is 10.6 Å². The minimum Gasteiger partial charge on any atom is -0.402 e. The number of hydrogen-bond donors (Lipinski definition) is 2. The number of fused-ring (bicyclic) bond motifs is 1. The highest BCUT2D eigenvalue weighted by Crippen LogP contribution is 2.39. The van der Waals surface area contributed by atoms with Crippen LogP contribution in [-0.4, -0.2) is 42.9 Å². The van der Waals surface area contributed by atoms with Gasteiger partial charge >= 0.3 is 12.2 Å². The molecule has 0 spiro atoms. The van der Waals surface area contributed by atoms with Crippen LogP contribution in [-0.2, 0) is 11.0 Å². The number of benzodiazepines with no additional fused rings is 1. The molecule has 2 N–H and O–H groups in total. The zero-order valence-electron chi connectivity index (χ0n) is 22.2. The van der Waals surface area contributed by atoms with Crippen molar-refractivity contribution in [3.8, 4) is 22.7 Å². The van der Waals surface area contributed by atoms with E-state index in [2.05, 4.69) is 40.8 Å². The number of pyridine rings is 1. The third-order valence-corrected chi connectivity index (χ3v) is 7.02. The van der Waals surface area contributed by atoms with E-state index in [4.69, 9.17) is 4.42 Å². The fourth-order valence-corrected chi connectivity index (χ4v) is 4.71. The third-order valence-electron chi connectivity index (χ3n) is 7.02. The quantitative estimate of drug-likeness (QED) is 0.260. The van der Waals surface area contributed by atoms with Crippen molar-refractivity contribution < 1.29 is 22.4 Å². The van der Waals surface area contributed by atoms with Crippen LogP contribution in [0, 0.1) is 0 Å². The lowest BCUT2D eigenvalue weighted by Gasteiger charge is -2.12. The highest BCUT2D eigenvalue weighted by atomic mass is 19.4. The van der Waals surface area contributed by atoms with Gasteiger partial charge in [-0.15, -0.1) is 5.10 Å². The lowest BCUT2D eigenvalue weighted by molar-refractivity contribution is -0.137. The summed E-state index contributed by atoms with van der Waals surface area (Å²) >= 11 is 0. The van der Waals surface area contributed by atoms with Crippen LogP contribution in [0.15, 0.2) is 88.7 Å². The van der Waals surface area contributed by atoms with Crippen molar-refractivity contribution in [2.45, 2.75) is 31.1 Å². The summed E-state index contributed by atoms with van der Waals surface area (Å²) in [6.45, 7) is 0. The molecular formula is C30H21F3N8O2. The number of amides is 1. The first kappa shape index (κ1) is 26.4. The highest BCUT2D eigenvalue weighted by Gasteiger charge is 2.33. The van der Waals surface area contributed by atoms with Gasteiger partial charge in [0.05, 0.1) is 17.0 Å². The van der Waals surface area contributed by atoms with Gasteiger partial charge < -0.3 is 15.1 Å². The molecule has 13 heteroatoms. The molecule has 4 heterocycles. The van der Waals surface area contributed by atoms with Crippen LogP contribution in [0.1, 0.15) is 41.3 Å². The number of rotatable bonds is 6. The van der Waals surface area contributed by atoms with Crippen LogP contribution < -0.4 is 10.6 Å². The fourth-order valence-electron chi connectivity index (χ4n) is 4.71. The SMILES string of the molecule is O=C1Nc2ccccc2C(c2ccccc2)=NC1Nc1nnc(-c2ncc(C(F)(F)F)cc2-c2cnc(C3CC3)nc2)o1. The predicted molar refractivity (Wildman–Crippen MR) is 150 cm³/mol. The van der Waals surface area contributed by atoms with Crippen molar-refractivity contribution in [3.63, 3.8) is 0 Å². The maximum Gasteiger partial charge on any atom is 0.417 e. The number of para-hydroxylation sites is 1. The molecule has 1 saturated carbocycles. The first-order valence-corrected chi connectivity index (χ1v) is 13.4. The predicted octanol–water partition coefficient (Wildman–Crippen LogP) is 5.71. The molecule has 214 valence electrons. The zero-order chi connectivity index (χ0) is 29.6. The Morgan fingerprint density at radius 2 is 1.60 bits per heavy atom. The topological polar surface area (TPSA) is 131 Å². The van der Waals surface area contributed by atoms with E-state index in [1.807, 2.05) is 42.5 Å². The van der Waals surface area contributed by atoms with Gasteiger partial charge in [-0.1, -0.05) is 53.6 Å². The second kappa shape index (κ2) is 10.4. The van der Waals surface area contributed by atoms with Crippen molar-refractivity contribution in [1.29, 1.82) is 0 Å². The molecule has 10 nitrogen and oxygen atoms in total. The van der Waals surface area contributed by atoms with E-state index in [0.29, 0.717) is 29.0 Å². The van der Waals surface area contributed by atoms with Crippen LogP contribution in [0.25, 0.3) is 22.7 Å². The average Bonchev–Trinajstić information content (AvgIpc) is 3.79. The molecule has 2 aliphatic rings. The number of anilines is 2. The Kier molecular flexibility index (Phi) is 6.41. The first-order chi connectivity index (χ1) is 20.8. The highest BCUT2D eigenvalue weighted by molar-refractivity contribution is 6.19. The minimum atomic E-state index is -4.63.